The van der Waals surface area contributed by atoms with E-state index in [-0.39, 0.29) is 35.8 Å². The predicted octanol–water partition coefficient (Wildman–Crippen LogP) is 0.889. The SMILES string of the molecule is CCNC(=NCC1(O)CCC1)NC1CCN(S(=O)(=O)CC)CC1.I. The van der Waals surface area contributed by atoms with E-state index in [1.54, 1.807) is 11.2 Å². The highest BCUT2D eigenvalue weighted by Crippen LogP contribution is 2.31. The number of aliphatic hydroxyl groups is 1. The predicted molar refractivity (Wildman–Crippen MR) is 107 cm³/mol. The monoisotopic (exact) mass is 474 g/mol. The van der Waals surface area contributed by atoms with Gasteiger partial charge in [-0.1, -0.05) is 0 Å². The summed E-state index contributed by atoms with van der Waals surface area (Å²) in [6, 6.07) is 0.215. The fourth-order valence-corrected chi connectivity index (χ4v) is 4.08. The molecule has 0 bridgehead atoms. The second-order valence-electron chi connectivity index (χ2n) is 6.49. The minimum Gasteiger partial charge on any atom is -0.388 e. The molecule has 0 unspecified atom stereocenters. The van der Waals surface area contributed by atoms with E-state index in [4.69, 9.17) is 0 Å². The summed E-state index contributed by atoms with van der Waals surface area (Å²) in [5.74, 6) is 0.873. The lowest BCUT2D eigenvalue weighted by Gasteiger charge is -2.35. The first kappa shape index (κ1) is 21.9. The van der Waals surface area contributed by atoms with E-state index < -0.39 is 15.6 Å². The van der Waals surface area contributed by atoms with Crippen LogP contribution < -0.4 is 10.6 Å². The number of aliphatic imine (C=N–C) groups is 1. The van der Waals surface area contributed by atoms with Gasteiger partial charge in [0.1, 0.15) is 0 Å². The molecule has 2 fully saturated rings. The van der Waals surface area contributed by atoms with Gasteiger partial charge in [-0.3, -0.25) is 4.99 Å². The molecule has 0 aromatic heterocycles. The summed E-state index contributed by atoms with van der Waals surface area (Å²) in [4.78, 5) is 4.50. The lowest BCUT2D eigenvalue weighted by atomic mass is 9.80. The van der Waals surface area contributed by atoms with Crippen LogP contribution in [0.15, 0.2) is 4.99 Å². The zero-order valence-electron chi connectivity index (χ0n) is 14.6. The molecule has 0 radical (unpaired) electrons. The normalized spacial score (nSPS) is 22.4. The summed E-state index contributed by atoms with van der Waals surface area (Å²) in [6.45, 7) is 5.97. The van der Waals surface area contributed by atoms with Crippen LogP contribution in [0.1, 0.15) is 46.0 Å². The molecular weight excluding hydrogens is 443 g/mol. The van der Waals surface area contributed by atoms with E-state index in [9.17, 15) is 13.5 Å². The third kappa shape index (κ3) is 5.99. The average Bonchev–Trinajstić information content (AvgIpc) is 2.51. The number of hydrogen-bond acceptors (Lipinski definition) is 4. The molecule has 1 saturated heterocycles. The maximum Gasteiger partial charge on any atom is 0.213 e. The molecule has 142 valence electrons. The minimum atomic E-state index is -3.08. The van der Waals surface area contributed by atoms with Crippen molar-refractivity contribution in [2.45, 2.75) is 57.6 Å². The molecule has 0 aromatic carbocycles. The Hall–Kier alpha value is -0.130. The summed E-state index contributed by atoms with van der Waals surface area (Å²) < 4.78 is 25.3. The van der Waals surface area contributed by atoms with Crippen LogP contribution in [-0.4, -0.2) is 67.4 Å². The van der Waals surface area contributed by atoms with E-state index in [0.29, 0.717) is 25.6 Å². The molecule has 1 aliphatic carbocycles. The van der Waals surface area contributed by atoms with Crippen LogP contribution in [0.25, 0.3) is 0 Å². The molecule has 0 atom stereocenters. The fraction of sp³-hybridized carbons (Fsp3) is 0.933. The van der Waals surface area contributed by atoms with Gasteiger partial charge in [-0.15, -0.1) is 24.0 Å². The number of rotatable bonds is 6. The average molecular weight is 474 g/mol. The van der Waals surface area contributed by atoms with Crippen molar-refractivity contribution in [3.05, 3.63) is 0 Å². The molecule has 9 heteroatoms. The Morgan fingerprint density at radius 1 is 1.29 bits per heavy atom. The molecule has 7 nitrogen and oxygen atoms in total. The van der Waals surface area contributed by atoms with Crippen molar-refractivity contribution in [1.82, 2.24) is 14.9 Å². The van der Waals surface area contributed by atoms with Gasteiger partial charge >= 0.3 is 0 Å². The molecular formula is C15H31IN4O3S. The van der Waals surface area contributed by atoms with Crippen molar-refractivity contribution in [3.8, 4) is 0 Å². The highest BCUT2D eigenvalue weighted by atomic mass is 127. The summed E-state index contributed by atoms with van der Waals surface area (Å²) in [5.41, 5.74) is -0.624. The molecule has 2 rings (SSSR count). The topological polar surface area (TPSA) is 94.0 Å². The molecule has 1 aliphatic heterocycles. The Kier molecular flexibility index (Phi) is 8.71. The first-order chi connectivity index (χ1) is 10.9. The van der Waals surface area contributed by atoms with Crippen LogP contribution in [0, 0.1) is 0 Å². The first-order valence-electron chi connectivity index (χ1n) is 8.63. The lowest BCUT2D eigenvalue weighted by molar-refractivity contribution is -0.0236. The lowest BCUT2D eigenvalue weighted by Crippen LogP contribution is -2.50. The molecule has 1 saturated carbocycles. The van der Waals surface area contributed by atoms with Gasteiger partial charge in [-0.25, -0.2) is 12.7 Å². The minimum absolute atomic E-state index is 0. The number of nitrogens with zero attached hydrogens (tertiary/aromatic N) is 2. The standard InChI is InChI=1S/C15H30N4O3S.HI/c1-3-16-14(17-12-15(20)8-5-9-15)18-13-6-10-19(11-7-13)23(21,22)4-2;/h13,20H,3-12H2,1-2H3,(H2,16,17,18);1H. The van der Waals surface area contributed by atoms with Gasteiger partial charge < -0.3 is 15.7 Å². The van der Waals surface area contributed by atoms with Crippen LogP contribution in [0.5, 0.6) is 0 Å². The highest BCUT2D eigenvalue weighted by Gasteiger charge is 2.34. The Morgan fingerprint density at radius 2 is 1.92 bits per heavy atom. The van der Waals surface area contributed by atoms with Gasteiger partial charge in [0, 0.05) is 25.7 Å². The second-order valence-corrected chi connectivity index (χ2v) is 8.75. The zero-order chi connectivity index (χ0) is 16.9. The van der Waals surface area contributed by atoms with Gasteiger partial charge in [0.2, 0.25) is 10.0 Å². The molecule has 0 aromatic rings. The molecule has 0 spiro atoms. The number of hydrogen-bond donors (Lipinski definition) is 3. The number of guanidine groups is 1. The van der Waals surface area contributed by atoms with Crippen LogP contribution >= 0.6 is 24.0 Å². The maximum absolute atomic E-state index is 11.9. The fourth-order valence-electron chi connectivity index (χ4n) is 2.94. The summed E-state index contributed by atoms with van der Waals surface area (Å²) in [6.07, 6.45) is 4.26. The van der Waals surface area contributed by atoms with Crippen molar-refractivity contribution in [1.29, 1.82) is 0 Å². The summed E-state index contributed by atoms with van der Waals surface area (Å²) >= 11 is 0. The Labute approximate surface area is 162 Å². The van der Waals surface area contributed by atoms with Crippen LogP contribution in [0.4, 0.5) is 0 Å². The molecule has 0 amide bonds. The highest BCUT2D eigenvalue weighted by molar-refractivity contribution is 14.0. The quantitative estimate of drug-likeness (QED) is 0.302. The van der Waals surface area contributed by atoms with Crippen molar-refractivity contribution < 1.29 is 13.5 Å². The zero-order valence-corrected chi connectivity index (χ0v) is 17.8. The van der Waals surface area contributed by atoms with Crippen molar-refractivity contribution in [3.63, 3.8) is 0 Å². The Morgan fingerprint density at radius 3 is 2.38 bits per heavy atom. The third-order valence-electron chi connectivity index (χ3n) is 4.71. The van der Waals surface area contributed by atoms with E-state index in [1.807, 2.05) is 6.92 Å². The van der Waals surface area contributed by atoms with E-state index >= 15 is 0 Å². The van der Waals surface area contributed by atoms with Gasteiger partial charge in [-0.2, -0.15) is 0 Å². The summed E-state index contributed by atoms with van der Waals surface area (Å²) in [5, 5.41) is 16.7. The van der Waals surface area contributed by atoms with Gasteiger partial charge in [0.15, 0.2) is 5.96 Å². The Bertz CT molecular complexity index is 515. The smallest absolute Gasteiger partial charge is 0.213 e. The largest absolute Gasteiger partial charge is 0.388 e. The maximum atomic E-state index is 11.9. The van der Waals surface area contributed by atoms with E-state index in [1.165, 1.54) is 0 Å². The molecule has 3 N–H and O–H groups in total. The van der Waals surface area contributed by atoms with Gasteiger partial charge in [0.05, 0.1) is 17.9 Å². The first-order valence-corrected chi connectivity index (χ1v) is 10.2. The summed E-state index contributed by atoms with van der Waals surface area (Å²) in [7, 11) is -3.08. The second kappa shape index (κ2) is 9.54. The van der Waals surface area contributed by atoms with Gasteiger partial charge in [-0.05, 0) is 46.0 Å². The molecule has 2 aliphatic rings. The third-order valence-corrected chi connectivity index (χ3v) is 6.59. The van der Waals surface area contributed by atoms with Gasteiger partial charge in [0.25, 0.3) is 0 Å². The Balaban J connectivity index is 0.00000288. The van der Waals surface area contributed by atoms with E-state index in [0.717, 1.165) is 38.6 Å². The van der Waals surface area contributed by atoms with E-state index in [2.05, 4.69) is 15.6 Å². The number of piperidine rings is 1. The number of halogens is 1. The molecule has 1 heterocycles. The van der Waals surface area contributed by atoms with Crippen LogP contribution in [0.2, 0.25) is 0 Å². The van der Waals surface area contributed by atoms with Crippen molar-refractivity contribution >= 4 is 40.0 Å². The number of nitrogens with one attached hydrogen (secondary N) is 2. The number of sulfonamides is 1. The van der Waals surface area contributed by atoms with Crippen molar-refractivity contribution in [2.75, 3.05) is 31.9 Å². The molecule has 24 heavy (non-hydrogen) atoms. The van der Waals surface area contributed by atoms with Crippen LogP contribution in [-0.2, 0) is 10.0 Å². The van der Waals surface area contributed by atoms with Crippen LogP contribution in [0.3, 0.4) is 0 Å². The van der Waals surface area contributed by atoms with Crippen molar-refractivity contribution in [2.24, 2.45) is 4.99 Å².